The maximum absolute atomic E-state index is 13.0. The first kappa shape index (κ1) is 26.2. The van der Waals surface area contributed by atoms with Crippen molar-refractivity contribution in [1.82, 2.24) is 25.0 Å². The van der Waals surface area contributed by atoms with Gasteiger partial charge in [0.05, 0.1) is 5.39 Å². The Labute approximate surface area is 227 Å². The number of carbonyl (C=O) groups excluding carboxylic acids is 1. The first-order chi connectivity index (χ1) is 18.9. The van der Waals surface area contributed by atoms with Gasteiger partial charge in [0.1, 0.15) is 17.0 Å². The number of fused-ring (bicyclic) bond motifs is 1. The van der Waals surface area contributed by atoms with Gasteiger partial charge in [0.25, 0.3) is 5.56 Å². The van der Waals surface area contributed by atoms with E-state index in [2.05, 4.69) is 15.5 Å². The molecule has 1 aliphatic rings. The molecule has 9 nitrogen and oxygen atoms in total. The minimum Gasteiger partial charge on any atom is -0.457 e. The zero-order valence-electron chi connectivity index (χ0n) is 22.3. The van der Waals surface area contributed by atoms with Gasteiger partial charge in [0.2, 0.25) is 5.91 Å². The summed E-state index contributed by atoms with van der Waals surface area (Å²) < 4.78 is 7.98. The fourth-order valence-electron chi connectivity index (χ4n) is 5.19. The van der Waals surface area contributed by atoms with Gasteiger partial charge in [-0.05, 0) is 69.6 Å². The Morgan fingerprint density at radius 1 is 1.10 bits per heavy atom. The van der Waals surface area contributed by atoms with Crippen LogP contribution in [0.3, 0.4) is 0 Å². The molecule has 1 fully saturated rings. The highest BCUT2D eigenvalue weighted by atomic mass is 16.5. The molecule has 2 heterocycles. The molecule has 0 radical (unpaired) electrons. The average Bonchev–Trinajstić information content (AvgIpc) is 3.34. The monoisotopic (exact) mass is 526 g/mol. The molecule has 2 aromatic heterocycles. The number of ether oxygens (including phenoxy) is 1. The van der Waals surface area contributed by atoms with Gasteiger partial charge in [-0.1, -0.05) is 36.4 Å². The minimum absolute atomic E-state index is 0.0658. The fraction of sp³-hybridized carbons (Fsp3) is 0.300. The molecule has 2 aromatic carbocycles. The highest BCUT2D eigenvalue weighted by Crippen LogP contribution is 2.38. The Bertz CT molecular complexity index is 1510. The number of anilines is 1. The van der Waals surface area contributed by atoms with Gasteiger partial charge in [-0.3, -0.25) is 9.59 Å². The van der Waals surface area contributed by atoms with Crippen LogP contribution in [0.5, 0.6) is 11.5 Å². The third kappa shape index (κ3) is 6.04. The molecular weight excluding hydrogens is 492 g/mol. The van der Waals surface area contributed by atoms with Gasteiger partial charge in [-0.2, -0.15) is 5.10 Å². The second kappa shape index (κ2) is 11.6. The van der Waals surface area contributed by atoms with E-state index in [9.17, 15) is 9.59 Å². The van der Waals surface area contributed by atoms with Crippen molar-refractivity contribution in [2.75, 3.05) is 26.4 Å². The van der Waals surface area contributed by atoms with Crippen molar-refractivity contribution in [1.29, 1.82) is 0 Å². The van der Waals surface area contributed by atoms with Crippen molar-refractivity contribution < 1.29 is 9.53 Å². The molecule has 202 valence electrons. The van der Waals surface area contributed by atoms with Crippen molar-refractivity contribution in [3.8, 4) is 22.6 Å². The van der Waals surface area contributed by atoms with Gasteiger partial charge in [0, 0.05) is 36.5 Å². The molecule has 5 rings (SSSR count). The molecule has 4 N–H and O–H groups in total. The molecule has 0 atom stereocenters. The van der Waals surface area contributed by atoms with Gasteiger partial charge in [-0.25, -0.2) is 5.10 Å². The van der Waals surface area contributed by atoms with Gasteiger partial charge in [-0.15, -0.1) is 0 Å². The summed E-state index contributed by atoms with van der Waals surface area (Å²) in [5.74, 6) is 1.70. The van der Waals surface area contributed by atoms with Crippen LogP contribution in [0.25, 0.3) is 22.0 Å². The molecule has 39 heavy (non-hydrogen) atoms. The Morgan fingerprint density at radius 3 is 2.49 bits per heavy atom. The van der Waals surface area contributed by atoms with Crippen molar-refractivity contribution in [2.45, 2.75) is 37.8 Å². The summed E-state index contributed by atoms with van der Waals surface area (Å²) in [4.78, 5) is 27.3. The number of nitrogens with two attached hydrogens (primary N) is 1. The molecular formula is C30H34N6O3. The first-order valence-electron chi connectivity index (χ1n) is 13.2. The molecule has 9 heteroatoms. The van der Waals surface area contributed by atoms with E-state index in [4.69, 9.17) is 10.5 Å². The maximum Gasteiger partial charge on any atom is 0.288 e. The van der Waals surface area contributed by atoms with E-state index < -0.39 is 0 Å². The molecule has 0 bridgehead atoms. The molecule has 0 aliphatic heterocycles. The van der Waals surface area contributed by atoms with E-state index in [-0.39, 0.29) is 29.4 Å². The lowest BCUT2D eigenvalue weighted by Gasteiger charge is -2.30. The van der Waals surface area contributed by atoms with Crippen LogP contribution >= 0.6 is 0 Å². The normalized spacial score (nSPS) is 17.6. The molecule has 4 aromatic rings. The number of hydrogen-bond acceptors (Lipinski definition) is 6. The van der Waals surface area contributed by atoms with Crippen LogP contribution < -0.4 is 21.3 Å². The number of nitrogens with zero attached hydrogens (tertiary/aromatic N) is 3. The number of nitrogens with one attached hydrogen (secondary N) is 2. The first-order valence-corrected chi connectivity index (χ1v) is 13.2. The predicted octanol–water partition coefficient (Wildman–Crippen LogP) is 4.48. The van der Waals surface area contributed by atoms with Crippen LogP contribution in [0.2, 0.25) is 0 Å². The highest BCUT2D eigenvalue weighted by Gasteiger charge is 2.27. The number of H-pyrrole nitrogens is 1. The fourth-order valence-corrected chi connectivity index (χ4v) is 5.19. The smallest absolute Gasteiger partial charge is 0.288 e. The number of amides is 1. The summed E-state index contributed by atoms with van der Waals surface area (Å²) in [6.07, 6.45) is 8.80. The summed E-state index contributed by atoms with van der Waals surface area (Å²) in [5.41, 5.74) is 8.33. The Kier molecular flexibility index (Phi) is 7.79. The lowest BCUT2D eigenvalue weighted by molar-refractivity contribution is -0.117. The van der Waals surface area contributed by atoms with E-state index in [1.807, 2.05) is 90.4 Å². The zero-order valence-corrected chi connectivity index (χ0v) is 22.3. The van der Waals surface area contributed by atoms with Gasteiger partial charge >= 0.3 is 0 Å². The van der Waals surface area contributed by atoms with Gasteiger partial charge in [0.15, 0.2) is 5.82 Å². The van der Waals surface area contributed by atoms with Crippen LogP contribution in [-0.2, 0) is 4.79 Å². The Hall–Kier alpha value is -4.37. The number of carbonyl (C=O) groups is 1. The third-order valence-electron chi connectivity index (χ3n) is 7.10. The van der Waals surface area contributed by atoms with Crippen LogP contribution in [0.15, 0.2) is 77.7 Å². The van der Waals surface area contributed by atoms with Gasteiger partial charge < -0.3 is 25.3 Å². The molecule has 1 amide bonds. The minimum atomic E-state index is -0.268. The van der Waals surface area contributed by atoms with Crippen molar-refractivity contribution >= 4 is 22.6 Å². The van der Waals surface area contributed by atoms with E-state index >= 15 is 0 Å². The number of likely N-dealkylation sites (N-methyl/N-ethyl adjacent to an activating group) is 1. The maximum atomic E-state index is 13.0. The third-order valence-corrected chi connectivity index (χ3v) is 7.10. The molecule has 1 saturated carbocycles. The van der Waals surface area contributed by atoms with E-state index in [0.29, 0.717) is 10.9 Å². The second-order valence-corrected chi connectivity index (χ2v) is 10.2. The quantitative estimate of drug-likeness (QED) is 0.291. The van der Waals surface area contributed by atoms with Crippen molar-refractivity contribution in [2.24, 2.45) is 0 Å². The summed E-state index contributed by atoms with van der Waals surface area (Å²) in [6, 6.07) is 17.6. The number of aromatic nitrogens is 3. The van der Waals surface area contributed by atoms with E-state index in [1.165, 1.54) is 0 Å². The molecule has 0 unspecified atom stereocenters. The number of nitrogen functional groups attached to an aromatic ring is 1. The Balaban J connectivity index is 1.36. The molecule has 1 aliphatic carbocycles. The topological polar surface area (TPSA) is 118 Å². The van der Waals surface area contributed by atoms with Crippen LogP contribution in [0, 0.1) is 0 Å². The zero-order chi connectivity index (χ0) is 27.4. The summed E-state index contributed by atoms with van der Waals surface area (Å²) >= 11 is 0. The van der Waals surface area contributed by atoms with Crippen LogP contribution in [0.1, 0.15) is 31.7 Å². The second-order valence-electron chi connectivity index (χ2n) is 10.2. The standard InChI is InChI=1S/C30H34N6O3/c1-35(2)18-6-9-26(37)32-21-12-14-22(15-13-21)36-19-25(27-28(36)30(38)34-33-29(27)31)20-10-16-24(17-11-20)39-23-7-4-3-5-8-23/h3-11,16-17,19,21-22H,12-15,18H2,1-2H3,(H2,31,33)(H,32,37)(H,34,38)/b9-6+. The van der Waals surface area contributed by atoms with Crippen LogP contribution in [0.4, 0.5) is 5.82 Å². The summed E-state index contributed by atoms with van der Waals surface area (Å²) in [6.45, 7) is 0.721. The highest BCUT2D eigenvalue weighted by molar-refractivity contribution is 6.02. The summed E-state index contributed by atoms with van der Waals surface area (Å²) in [5, 5.41) is 10.4. The number of rotatable bonds is 8. The van der Waals surface area contributed by atoms with Crippen LogP contribution in [-0.4, -0.2) is 52.3 Å². The van der Waals surface area contributed by atoms with E-state index in [0.717, 1.165) is 54.9 Å². The van der Waals surface area contributed by atoms with E-state index in [1.54, 1.807) is 6.08 Å². The number of hydrogen-bond donors (Lipinski definition) is 3. The SMILES string of the molecule is CN(C)C/C=C/C(=O)NC1CCC(n2cc(-c3ccc(Oc4ccccc4)cc3)c3c(N)n[nH]c(=O)c32)CC1. The number of benzene rings is 2. The predicted molar refractivity (Wildman–Crippen MR) is 154 cm³/mol. The molecule has 0 spiro atoms. The largest absolute Gasteiger partial charge is 0.457 e. The Morgan fingerprint density at radius 2 is 1.79 bits per heavy atom. The molecule has 0 saturated heterocycles. The number of aromatic amines is 1. The summed E-state index contributed by atoms with van der Waals surface area (Å²) in [7, 11) is 3.92. The van der Waals surface area contributed by atoms with Crippen molar-refractivity contribution in [3.05, 3.63) is 83.3 Å². The lowest BCUT2D eigenvalue weighted by atomic mass is 9.91. The van der Waals surface area contributed by atoms with Crippen molar-refractivity contribution in [3.63, 3.8) is 0 Å². The lowest BCUT2D eigenvalue weighted by Crippen LogP contribution is -2.37. The number of para-hydroxylation sites is 1. The average molecular weight is 527 g/mol.